The van der Waals surface area contributed by atoms with Crippen molar-refractivity contribution in [3.8, 4) is 5.75 Å². The van der Waals surface area contributed by atoms with Crippen molar-refractivity contribution in [2.75, 3.05) is 6.61 Å². The van der Waals surface area contributed by atoms with Crippen LogP contribution in [0.1, 0.15) is 59.8 Å². The third-order valence-corrected chi connectivity index (χ3v) is 6.05. The number of hydrogen-bond acceptors (Lipinski definition) is 4. The summed E-state index contributed by atoms with van der Waals surface area (Å²) in [4.78, 5) is 39.2. The number of urea groups is 1. The van der Waals surface area contributed by atoms with Crippen molar-refractivity contribution in [3.05, 3.63) is 64.2 Å². The van der Waals surface area contributed by atoms with Gasteiger partial charge in [-0.2, -0.15) is 0 Å². The molecule has 1 atom stereocenters. The average Bonchev–Trinajstić information content (AvgIpc) is 3.27. The molecule has 2 aromatic rings. The summed E-state index contributed by atoms with van der Waals surface area (Å²) in [6, 6.07) is 10.7. The van der Waals surface area contributed by atoms with Crippen molar-refractivity contribution < 1.29 is 19.1 Å². The first-order valence-electron chi connectivity index (χ1n) is 10.4. The van der Waals surface area contributed by atoms with Crippen LogP contribution in [0, 0.1) is 0 Å². The number of amides is 3. The van der Waals surface area contributed by atoms with Crippen LogP contribution in [0.15, 0.2) is 36.4 Å². The van der Waals surface area contributed by atoms with Crippen molar-refractivity contribution in [2.45, 2.75) is 52.1 Å². The van der Waals surface area contributed by atoms with Gasteiger partial charge in [0.2, 0.25) is 0 Å². The molecule has 1 fully saturated rings. The number of Topliss-reactive ketones (excluding diaryl/α,β-unsaturated/α-hetero) is 1. The Morgan fingerprint density at radius 2 is 1.90 bits per heavy atom. The molecule has 3 amide bonds. The molecular weight excluding hydrogens is 380 g/mol. The number of nitrogens with zero attached hydrogens (tertiary/aromatic N) is 1. The highest BCUT2D eigenvalue weighted by Crippen LogP contribution is 2.34. The Morgan fingerprint density at radius 1 is 1.13 bits per heavy atom. The Morgan fingerprint density at radius 3 is 2.63 bits per heavy atom. The van der Waals surface area contributed by atoms with Crippen LogP contribution in [0.3, 0.4) is 0 Å². The maximum atomic E-state index is 13.4. The zero-order valence-electron chi connectivity index (χ0n) is 17.6. The number of ketones is 1. The van der Waals surface area contributed by atoms with E-state index in [1.807, 2.05) is 19.1 Å². The van der Waals surface area contributed by atoms with Crippen LogP contribution in [0.25, 0.3) is 0 Å². The van der Waals surface area contributed by atoms with Gasteiger partial charge < -0.3 is 10.1 Å². The minimum Gasteiger partial charge on any atom is -0.494 e. The van der Waals surface area contributed by atoms with Crippen molar-refractivity contribution in [3.63, 3.8) is 0 Å². The number of aryl methyl sites for hydroxylation is 2. The van der Waals surface area contributed by atoms with Gasteiger partial charge >= 0.3 is 6.03 Å². The van der Waals surface area contributed by atoms with E-state index in [9.17, 15) is 14.4 Å². The van der Waals surface area contributed by atoms with Gasteiger partial charge in [-0.1, -0.05) is 18.2 Å². The minimum atomic E-state index is -1.11. The van der Waals surface area contributed by atoms with Crippen molar-refractivity contribution >= 4 is 17.7 Å². The molecule has 6 heteroatoms. The summed E-state index contributed by atoms with van der Waals surface area (Å²) >= 11 is 0. The number of fused-ring (bicyclic) bond motifs is 1. The van der Waals surface area contributed by atoms with E-state index >= 15 is 0 Å². The van der Waals surface area contributed by atoms with E-state index in [-0.39, 0.29) is 18.2 Å². The van der Waals surface area contributed by atoms with E-state index in [0.29, 0.717) is 23.5 Å². The monoisotopic (exact) mass is 406 g/mol. The summed E-state index contributed by atoms with van der Waals surface area (Å²) in [6.45, 7) is 5.58. The SMILES string of the molecule is CCOc1ccc(C(C)=O)cc1CN1C(=O)NC(C)(c2ccc3c(c2)CCC3)C1=O. The number of rotatable bonds is 6. The second kappa shape index (κ2) is 7.59. The van der Waals surface area contributed by atoms with Gasteiger partial charge in [0.15, 0.2) is 5.78 Å². The topological polar surface area (TPSA) is 75.7 Å². The van der Waals surface area contributed by atoms with Crippen molar-refractivity contribution in [2.24, 2.45) is 0 Å². The van der Waals surface area contributed by atoms with Gasteiger partial charge in [0, 0.05) is 11.1 Å². The van der Waals surface area contributed by atoms with Gasteiger partial charge in [0.1, 0.15) is 11.3 Å². The molecule has 30 heavy (non-hydrogen) atoms. The third-order valence-electron chi connectivity index (χ3n) is 6.05. The summed E-state index contributed by atoms with van der Waals surface area (Å²) in [5.74, 6) is 0.176. The number of carbonyl (C=O) groups is 3. The van der Waals surface area contributed by atoms with Crippen LogP contribution in [0.2, 0.25) is 0 Å². The fourth-order valence-electron chi connectivity index (χ4n) is 4.31. The van der Waals surface area contributed by atoms with Crippen LogP contribution in [0.5, 0.6) is 5.75 Å². The molecule has 0 radical (unpaired) electrons. The first kappa shape index (κ1) is 20.1. The number of ether oxygens (including phenoxy) is 1. The van der Waals surface area contributed by atoms with Gasteiger partial charge in [-0.05, 0) is 74.9 Å². The third kappa shape index (κ3) is 3.36. The van der Waals surface area contributed by atoms with E-state index in [0.717, 1.165) is 24.8 Å². The second-order valence-corrected chi connectivity index (χ2v) is 8.10. The van der Waals surface area contributed by atoms with Crippen LogP contribution in [-0.2, 0) is 29.7 Å². The summed E-state index contributed by atoms with van der Waals surface area (Å²) < 4.78 is 5.66. The zero-order chi connectivity index (χ0) is 21.5. The highest BCUT2D eigenvalue weighted by molar-refractivity contribution is 6.07. The highest BCUT2D eigenvalue weighted by atomic mass is 16.5. The maximum Gasteiger partial charge on any atom is 0.325 e. The van der Waals surface area contributed by atoms with E-state index in [2.05, 4.69) is 11.4 Å². The van der Waals surface area contributed by atoms with Gasteiger partial charge in [-0.25, -0.2) is 4.79 Å². The van der Waals surface area contributed by atoms with Crippen LogP contribution < -0.4 is 10.1 Å². The molecule has 6 nitrogen and oxygen atoms in total. The van der Waals surface area contributed by atoms with Gasteiger partial charge in [0.05, 0.1) is 13.2 Å². The molecule has 0 aromatic heterocycles. The molecule has 1 unspecified atom stereocenters. The number of nitrogens with one attached hydrogen (secondary N) is 1. The highest BCUT2D eigenvalue weighted by Gasteiger charge is 2.49. The summed E-state index contributed by atoms with van der Waals surface area (Å²) in [5, 5.41) is 2.88. The molecule has 4 rings (SSSR count). The van der Waals surface area contributed by atoms with Crippen molar-refractivity contribution in [1.82, 2.24) is 10.2 Å². The largest absolute Gasteiger partial charge is 0.494 e. The molecule has 156 valence electrons. The van der Waals surface area contributed by atoms with Crippen LogP contribution in [-0.4, -0.2) is 29.2 Å². The second-order valence-electron chi connectivity index (χ2n) is 8.10. The molecule has 1 saturated heterocycles. The van der Waals surface area contributed by atoms with Gasteiger partial charge in [-0.15, -0.1) is 0 Å². The molecule has 0 saturated carbocycles. The lowest BCUT2D eigenvalue weighted by Crippen LogP contribution is -2.41. The fourth-order valence-corrected chi connectivity index (χ4v) is 4.31. The number of benzene rings is 2. The minimum absolute atomic E-state index is 0.0433. The van der Waals surface area contributed by atoms with E-state index < -0.39 is 11.6 Å². The normalized spacial score (nSPS) is 20.3. The smallest absolute Gasteiger partial charge is 0.325 e. The van der Waals surface area contributed by atoms with Crippen molar-refractivity contribution in [1.29, 1.82) is 0 Å². The Bertz CT molecular complexity index is 1050. The molecule has 0 bridgehead atoms. The van der Waals surface area contributed by atoms with Crippen LogP contribution in [0.4, 0.5) is 4.79 Å². The number of imide groups is 1. The molecule has 2 aliphatic rings. The van der Waals surface area contributed by atoms with Crippen LogP contribution >= 0.6 is 0 Å². The van der Waals surface area contributed by atoms with Gasteiger partial charge in [-0.3, -0.25) is 14.5 Å². The molecule has 1 aliphatic heterocycles. The first-order valence-corrected chi connectivity index (χ1v) is 10.4. The molecule has 2 aromatic carbocycles. The summed E-state index contributed by atoms with van der Waals surface area (Å²) in [6.07, 6.45) is 3.18. The van der Waals surface area contributed by atoms with E-state index in [1.54, 1.807) is 25.1 Å². The fraction of sp³-hybridized carbons (Fsp3) is 0.375. The lowest BCUT2D eigenvalue weighted by atomic mass is 9.89. The Labute approximate surface area is 176 Å². The Balaban J connectivity index is 1.65. The standard InChI is InChI=1S/C24H26N2O4/c1-4-30-21-11-9-17(15(2)27)12-19(21)14-26-22(28)24(3,25-23(26)29)20-10-8-16-6-5-7-18(16)13-20/h8-13H,4-7,14H2,1-3H3,(H,25,29). The number of hydrogen-bond donors (Lipinski definition) is 1. The number of carbonyl (C=O) groups excluding carboxylic acids is 3. The Kier molecular flexibility index (Phi) is 5.10. The predicted octanol–water partition coefficient (Wildman–Crippen LogP) is 3.74. The summed E-state index contributed by atoms with van der Waals surface area (Å²) in [7, 11) is 0. The van der Waals surface area contributed by atoms with E-state index in [4.69, 9.17) is 4.74 Å². The lowest BCUT2D eigenvalue weighted by Gasteiger charge is -2.23. The predicted molar refractivity (Wildman–Crippen MR) is 113 cm³/mol. The molecule has 1 heterocycles. The zero-order valence-corrected chi connectivity index (χ0v) is 17.6. The van der Waals surface area contributed by atoms with E-state index in [1.165, 1.54) is 23.0 Å². The van der Waals surface area contributed by atoms with Gasteiger partial charge in [0.25, 0.3) is 5.91 Å². The maximum absolute atomic E-state index is 13.4. The molecule has 0 spiro atoms. The quantitative estimate of drug-likeness (QED) is 0.586. The molecule has 1 N–H and O–H groups in total. The first-order chi connectivity index (χ1) is 14.3. The average molecular weight is 406 g/mol. The summed E-state index contributed by atoms with van der Waals surface area (Å²) in [5.41, 5.74) is 3.40. The molecular formula is C24H26N2O4. The Hall–Kier alpha value is -3.15. The molecule has 1 aliphatic carbocycles. The lowest BCUT2D eigenvalue weighted by molar-refractivity contribution is -0.131.